The molecule has 0 aliphatic rings. The summed E-state index contributed by atoms with van der Waals surface area (Å²) in [6.45, 7) is 4.41. The lowest BCUT2D eigenvalue weighted by Gasteiger charge is -1.97. The van der Waals surface area contributed by atoms with E-state index in [4.69, 9.17) is 0 Å². The van der Waals surface area contributed by atoms with Gasteiger partial charge in [0.1, 0.15) is 0 Å². The molecule has 0 radical (unpaired) electrons. The zero-order valence-electron chi connectivity index (χ0n) is 9.06. The van der Waals surface area contributed by atoms with Crippen molar-refractivity contribution >= 4 is 15.9 Å². The summed E-state index contributed by atoms with van der Waals surface area (Å²) in [5.41, 5.74) is 0. The van der Waals surface area contributed by atoms with Gasteiger partial charge in [-0.05, 0) is 19.8 Å². The van der Waals surface area contributed by atoms with E-state index < -0.39 is 0 Å². The van der Waals surface area contributed by atoms with E-state index in [2.05, 4.69) is 41.9 Å². The van der Waals surface area contributed by atoms with Crippen molar-refractivity contribution in [2.45, 2.75) is 63.6 Å². The summed E-state index contributed by atoms with van der Waals surface area (Å²) in [5.74, 6) is 0. The Balaban J connectivity index is 2.99. The Morgan fingerprint density at radius 1 is 1.08 bits per heavy atom. The minimum absolute atomic E-state index is 0.535. The number of allylic oxidation sites excluding steroid dienone is 2. The van der Waals surface area contributed by atoms with Gasteiger partial charge in [-0.1, -0.05) is 67.1 Å². The van der Waals surface area contributed by atoms with Crippen molar-refractivity contribution in [1.82, 2.24) is 0 Å². The molecule has 13 heavy (non-hydrogen) atoms. The first-order valence-corrected chi connectivity index (χ1v) is 6.49. The highest BCUT2D eigenvalue weighted by molar-refractivity contribution is 9.09. The second-order valence-corrected chi connectivity index (χ2v) is 5.11. The van der Waals surface area contributed by atoms with Crippen LogP contribution in [0.3, 0.4) is 0 Å². The van der Waals surface area contributed by atoms with Crippen molar-refractivity contribution in [3.05, 3.63) is 12.2 Å². The molecule has 0 aromatic heterocycles. The minimum atomic E-state index is 0.535. The van der Waals surface area contributed by atoms with Crippen LogP contribution in [0, 0.1) is 0 Å². The molecule has 0 aliphatic heterocycles. The summed E-state index contributed by atoms with van der Waals surface area (Å²) in [7, 11) is 0. The van der Waals surface area contributed by atoms with E-state index in [9.17, 15) is 0 Å². The Kier molecular flexibility index (Phi) is 10.5. The van der Waals surface area contributed by atoms with Crippen molar-refractivity contribution in [3.8, 4) is 0 Å². The standard InChI is InChI=1S/C12H23Br/c1-3-4-5-6-7-8-9-10-11-12(2)13/h10-12H,3-9H2,1-2H3. The Hall–Kier alpha value is 0.220. The molecule has 0 aromatic rings. The van der Waals surface area contributed by atoms with Gasteiger partial charge in [0.2, 0.25) is 0 Å². The second kappa shape index (κ2) is 10.3. The molecule has 0 aromatic carbocycles. The highest BCUT2D eigenvalue weighted by atomic mass is 79.9. The van der Waals surface area contributed by atoms with E-state index >= 15 is 0 Å². The van der Waals surface area contributed by atoms with Crippen LogP contribution < -0.4 is 0 Å². The average Bonchev–Trinajstić information content (AvgIpc) is 2.09. The SMILES string of the molecule is CCCCCCCCC=CC(C)Br. The normalized spacial score (nSPS) is 13.8. The van der Waals surface area contributed by atoms with Gasteiger partial charge in [0.15, 0.2) is 0 Å². The second-order valence-electron chi connectivity index (χ2n) is 3.66. The lowest BCUT2D eigenvalue weighted by atomic mass is 10.1. The van der Waals surface area contributed by atoms with Gasteiger partial charge >= 0.3 is 0 Å². The predicted molar refractivity (Wildman–Crippen MR) is 65.5 cm³/mol. The molecule has 0 heterocycles. The smallest absolute Gasteiger partial charge is 0.0297 e. The molecule has 0 bridgehead atoms. The van der Waals surface area contributed by atoms with E-state index in [1.807, 2.05) is 0 Å². The molecule has 1 heteroatoms. The van der Waals surface area contributed by atoms with Crippen LogP contribution >= 0.6 is 15.9 Å². The third-order valence-electron chi connectivity index (χ3n) is 2.13. The van der Waals surface area contributed by atoms with Crippen LogP contribution in [0.25, 0.3) is 0 Å². The summed E-state index contributed by atoms with van der Waals surface area (Å²) in [6, 6.07) is 0. The van der Waals surface area contributed by atoms with Crippen LogP contribution in [-0.2, 0) is 0 Å². The van der Waals surface area contributed by atoms with Crippen molar-refractivity contribution in [2.75, 3.05) is 0 Å². The molecule has 78 valence electrons. The molecule has 0 nitrogen and oxygen atoms in total. The van der Waals surface area contributed by atoms with Crippen LogP contribution in [0.2, 0.25) is 0 Å². The molecule has 0 rings (SSSR count). The number of unbranched alkanes of at least 4 members (excludes halogenated alkanes) is 6. The minimum Gasteiger partial charge on any atom is -0.0874 e. The van der Waals surface area contributed by atoms with Gasteiger partial charge in [-0.15, -0.1) is 0 Å². The molecule has 1 atom stereocenters. The third-order valence-corrected chi connectivity index (χ3v) is 2.43. The van der Waals surface area contributed by atoms with E-state index in [1.54, 1.807) is 0 Å². The highest BCUT2D eigenvalue weighted by Gasteiger charge is 1.89. The topological polar surface area (TPSA) is 0 Å². The third kappa shape index (κ3) is 12.2. The molecule has 1 unspecified atom stereocenters. The fourth-order valence-corrected chi connectivity index (χ4v) is 1.54. The maximum Gasteiger partial charge on any atom is 0.0297 e. The first-order chi connectivity index (χ1) is 6.27. The van der Waals surface area contributed by atoms with Gasteiger partial charge in [-0.2, -0.15) is 0 Å². The Labute approximate surface area is 91.9 Å². The van der Waals surface area contributed by atoms with Gasteiger partial charge in [-0.3, -0.25) is 0 Å². The van der Waals surface area contributed by atoms with E-state index in [0.29, 0.717) is 4.83 Å². The molecular weight excluding hydrogens is 224 g/mol. The van der Waals surface area contributed by atoms with Crippen LogP contribution in [0.4, 0.5) is 0 Å². The van der Waals surface area contributed by atoms with Crippen molar-refractivity contribution in [1.29, 1.82) is 0 Å². The van der Waals surface area contributed by atoms with Crippen LogP contribution in [0.15, 0.2) is 12.2 Å². The monoisotopic (exact) mass is 246 g/mol. The molecule has 0 fully saturated rings. The van der Waals surface area contributed by atoms with Crippen LogP contribution in [-0.4, -0.2) is 4.83 Å². The molecule has 0 aliphatic carbocycles. The van der Waals surface area contributed by atoms with Crippen molar-refractivity contribution in [2.24, 2.45) is 0 Å². The number of halogens is 1. The summed E-state index contributed by atoms with van der Waals surface area (Å²) in [5, 5.41) is 0. The van der Waals surface area contributed by atoms with E-state index in [1.165, 1.54) is 44.9 Å². The quantitative estimate of drug-likeness (QED) is 0.319. The molecule has 0 saturated carbocycles. The Bertz CT molecular complexity index is 116. The fraction of sp³-hybridized carbons (Fsp3) is 0.833. The number of hydrogen-bond donors (Lipinski definition) is 0. The fourth-order valence-electron chi connectivity index (χ4n) is 1.33. The molecule has 0 saturated heterocycles. The summed E-state index contributed by atoms with van der Waals surface area (Å²) in [4.78, 5) is 0.535. The number of rotatable bonds is 8. The summed E-state index contributed by atoms with van der Waals surface area (Å²) < 4.78 is 0. The van der Waals surface area contributed by atoms with Gasteiger partial charge < -0.3 is 0 Å². The summed E-state index contributed by atoms with van der Waals surface area (Å²) in [6.07, 6.45) is 14.1. The number of hydrogen-bond acceptors (Lipinski definition) is 0. The number of alkyl halides is 1. The van der Waals surface area contributed by atoms with E-state index in [0.717, 1.165) is 0 Å². The van der Waals surface area contributed by atoms with Crippen LogP contribution in [0.5, 0.6) is 0 Å². The molecule has 0 amide bonds. The Morgan fingerprint density at radius 3 is 2.31 bits per heavy atom. The van der Waals surface area contributed by atoms with Crippen molar-refractivity contribution < 1.29 is 0 Å². The maximum absolute atomic E-state index is 3.49. The van der Waals surface area contributed by atoms with Gasteiger partial charge in [-0.25, -0.2) is 0 Å². The van der Waals surface area contributed by atoms with Gasteiger partial charge in [0, 0.05) is 4.83 Å². The van der Waals surface area contributed by atoms with E-state index in [-0.39, 0.29) is 0 Å². The van der Waals surface area contributed by atoms with Gasteiger partial charge in [0.25, 0.3) is 0 Å². The molecule has 0 spiro atoms. The molecule has 0 N–H and O–H groups in total. The average molecular weight is 247 g/mol. The molecular formula is C12H23Br. The van der Waals surface area contributed by atoms with Gasteiger partial charge in [0.05, 0.1) is 0 Å². The zero-order valence-corrected chi connectivity index (χ0v) is 10.6. The largest absolute Gasteiger partial charge is 0.0874 e. The zero-order chi connectivity index (χ0) is 9.94. The highest BCUT2D eigenvalue weighted by Crippen LogP contribution is 2.08. The predicted octanol–water partition coefficient (Wildman–Crippen LogP) is 5.08. The van der Waals surface area contributed by atoms with Crippen LogP contribution in [0.1, 0.15) is 58.8 Å². The lowest BCUT2D eigenvalue weighted by Crippen LogP contribution is -1.81. The Morgan fingerprint density at radius 2 is 1.69 bits per heavy atom. The van der Waals surface area contributed by atoms with Crippen molar-refractivity contribution in [3.63, 3.8) is 0 Å². The summed E-state index contributed by atoms with van der Waals surface area (Å²) >= 11 is 3.49. The first kappa shape index (κ1) is 13.2. The first-order valence-electron chi connectivity index (χ1n) is 5.58. The maximum atomic E-state index is 3.49. The lowest BCUT2D eigenvalue weighted by molar-refractivity contribution is 0.611.